The molecule has 0 spiro atoms. The smallest absolute Gasteiger partial charge is 0.744 e. The maximum absolute atomic E-state index is 12.4. The molecule has 0 saturated carbocycles. The van der Waals surface area contributed by atoms with E-state index < -0.39 is 30.0 Å². The topological polar surface area (TPSA) is 124 Å². The average molecular weight is 580 g/mol. The SMILES string of the molecule is CCC(CC)=c1ccc2c(c1)Oc1cc(N(CC)CC)ccc1C=2c1ccc(S(=O)(=O)[O-])cc1S(=O)(=O)O.[Na+]. The summed E-state index contributed by atoms with van der Waals surface area (Å²) >= 11 is 0. The second kappa shape index (κ2) is 12.1. The van der Waals surface area contributed by atoms with Gasteiger partial charge in [0.1, 0.15) is 26.5 Å². The summed E-state index contributed by atoms with van der Waals surface area (Å²) in [6.45, 7) is 9.78. The van der Waals surface area contributed by atoms with Crippen LogP contribution in [-0.2, 0) is 20.2 Å². The third kappa shape index (κ3) is 6.27. The number of anilines is 1. The van der Waals surface area contributed by atoms with Gasteiger partial charge in [0.15, 0.2) is 0 Å². The molecular weight excluding hydrogens is 549 g/mol. The van der Waals surface area contributed by atoms with E-state index in [4.69, 9.17) is 4.74 Å². The van der Waals surface area contributed by atoms with Crippen molar-refractivity contribution in [1.29, 1.82) is 0 Å². The molecule has 1 N–H and O–H groups in total. The van der Waals surface area contributed by atoms with Crippen LogP contribution in [0.5, 0.6) is 11.5 Å². The van der Waals surface area contributed by atoms with Crippen LogP contribution in [0.2, 0.25) is 0 Å². The van der Waals surface area contributed by atoms with E-state index in [-0.39, 0.29) is 35.1 Å². The van der Waals surface area contributed by atoms with Crippen molar-refractivity contribution < 1.29 is 60.2 Å². The van der Waals surface area contributed by atoms with Crippen molar-refractivity contribution in [2.75, 3.05) is 18.0 Å². The molecule has 8 nitrogen and oxygen atoms in total. The molecule has 39 heavy (non-hydrogen) atoms. The van der Waals surface area contributed by atoms with Crippen molar-refractivity contribution in [2.45, 2.75) is 50.3 Å². The van der Waals surface area contributed by atoms with E-state index >= 15 is 0 Å². The van der Waals surface area contributed by atoms with Gasteiger partial charge in [-0.15, -0.1) is 0 Å². The second-order valence-electron chi connectivity index (χ2n) is 8.94. The molecular formula is C28H30NNaO7S2. The molecule has 0 atom stereocenters. The zero-order valence-corrected chi connectivity index (χ0v) is 26.3. The monoisotopic (exact) mass is 579 g/mol. The molecule has 0 aliphatic carbocycles. The minimum atomic E-state index is -4.96. The molecule has 4 rings (SSSR count). The van der Waals surface area contributed by atoms with E-state index in [1.165, 1.54) is 11.6 Å². The quantitative estimate of drug-likeness (QED) is 0.242. The zero-order chi connectivity index (χ0) is 27.8. The number of nitrogens with zero attached hydrogens (tertiary/aromatic N) is 1. The van der Waals surface area contributed by atoms with Gasteiger partial charge in [-0.05, 0) is 68.3 Å². The van der Waals surface area contributed by atoms with Gasteiger partial charge >= 0.3 is 29.6 Å². The number of hydrogen-bond donors (Lipinski definition) is 1. The Morgan fingerprint density at radius 3 is 2.05 bits per heavy atom. The van der Waals surface area contributed by atoms with Gasteiger partial charge in [-0.1, -0.05) is 31.6 Å². The molecule has 202 valence electrons. The number of hydrogen-bond acceptors (Lipinski definition) is 7. The van der Waals surface area contributed by atoms with Crippen LogP contribution in [0.3, 0.4) is 0 Å². The molecule has 0 fully saturated rings. The summed E-state index contributed by atoms with van der Waals surface area (Å²) in [6.07, 6.45) is 1.71. The zero-order valence-electron chi connectivity index (χ0n) is 22.7. The summed E-state index contributed by atoms with van der Waals surface area (Å²) in [4.78, 5) is 0.723. The molecule has 3 aromatic carbocycles. The largest absolute Gasteiger partial charge is 1.00 e. The first kappa shape index (κ1) is 31.3. The van der Waals surface area contributed by atoms with Crippen molar-refractivity contribution in [1.82, 2.24) is 0 Å². The fraction of sp³-hybridized carbons (Fsp3) is 0.286. The van der Waals surface area contributed by atoms with Crippen LogP contribution in [0.4, 0.5) is 5.69 Å². The van der Waals surface area contributed by atoms with Crippen LogP contribution in [-0.4, -0.2) is 39.0 Å². The van der Waals surface area contributed by atoms with Crippen molar-refractivity contribution in [2.24, 2.45) is 0 Å². The van der Waals surface area contributed by atoms with Gasteiger partial charge in [0.2, 0.25) is 0 Å². The Morgan fingerprint density at radius 2 is 1.49 bits per heavy atom. The predicted octanol–water partition coefficient (Wildman–Crippen LogP) is 1.01. The van der Waals surface area contributed by atoms with E-state index in [0.29, 0.717) is 33.9 Å². The molecule has 1 heterocycles. The summed E-state index contributed by atoms with van der Waals surface area (Å²) < 4.78 is 76.3. The molecule has 0 radical (unpaired) electrons. The van der Waals surface area contributed by atoms with Gasteiger partial charge in [0, 0.05) is 46.8 Å². The van der Waals surface area contributed by atoms with Gasteiger partial charge in [-0.25, -0.2) is 8.42 Å². The Bertz CT molecular complexity index is 1740. The standard InChI is InChI=1S/C28H31NO7S2.Na/c1-5-18(6-2)19-9-12-22-25(15-19)36-26-16-20(29(7-3)8-4)10-13-23(26)28(22)24-14-11-21(37(30,31)32)17-27(24)38(33,34)35;/h9-17H,5-8H2,1-4H3,(H,30,31,32)(H,33,34,35);/q;+1/p-1. The van der Waals surface area contributed by atoms with E-state index in [1.54, 1.807) is 0 Å². The first-order valence-corrected chi connectivity index (χ1v) is 15.3. The second-order valence-corrected chi connectivity index (χ2v) is 11.7. The molecule has 0 amide bonds. The maximum Gasteiger partial charge on any atom is 1.00 e. The molecule has 1 aliphatic heterocycles. The number of benzene rings is 3. The Balaban J connectivity index is 0.00000420. The summed E-state index contributed by atoms with van der Waals surface area (Å²) in [5.41, 5.74) is 3.22. The van der Waals surface area contributed by atoms with Crippen molar-refractivity contribution in [3.8, 4) is 11.5 Å². The van der Waals surface area contributed by atoms with Gasteiger partial charge in [0.25, 0.3) is 10.1 Å². The van der Waals surface area contributed by atoms with Crippen LogP contribution in [0.15, 0.2) is 64.4 Å². The fourth-order valence-electron chi connectivity index (χ4n) is 4.91. The summed E-state index contributed by atoms with van der Waals surface area (Å²) in [6, 6.07) is 14.3. The Hall–Kier alpha value is -2.18. The molecule has 1 aliphatic rings. The average Bonchev–Trinajstić information content (AvgIpc) is 2.87. The van der Waals surface area contributed by atoms with Crippen molar-refractivity contribution in [3.63, 3.8) is 0 Å². The van der Waals surface area contributed by atoms with Crippen LogP contribution in [0, 0.1) is 0 Å². The summed E-state index contributed by atoms with van der Waals surface area (Å²) in [7, 11) is -9.87. The van der Waals surface area contributed by atoms with Crippen molar-refractivity contribution >= 4 is 37.1 Å². The van der Waals surface area contributed by atoms with Gasteiger partial charge in [0.05, 0.1) is 4.90 Å². The minimum absolute atomic E-state index is 0. The molecule has 0 bridgehead atoms. The van der Waals surface area contributed by atoms with Gasteiger partial charge < -0.3 is 14.2 Å². The molecule has 0 saturated heterocycles. The minimum Gasteiger partial charge on any atom is -0.744 e. The van der Waals surface area contributed by atoms with Crippen LogP contribution < -0.4 is 49.6 Å². The van der Waals surface area contributed by atoms with E-state index in [9.17, 15) is 25.9 Å². The number of rotatable bonds is 8. The first-order valence-electron chi connectivity index (χ1n) is 12.4. The third-order valence-corrected chi connectivity index (χ3v) is 8.61. The van der Waals surface area contributed by atoms with Crippen molar-refractivity contribution in [3.05, 3.63) is 76.2 Å². The van der Waals surface area contributed by atoms with Crippen LogP contribution >= 0.6 is 0 Å². The Labute approximate surface area is 251 Å². The van der Waals surface area contributed by atoms with E-state index in [0.717, 1.165) is 42.9 Å². The molecule has 0 unspecified atom stereocenters. The van der Waals surface area contributed by atoms with Gasteiger partial charge in [-0.2, -0.15) is 8.42 Å². The van der Waals surface area contributed by atoms with E-state index in [2.05, 4.69) is 18.7 Å². The van der Waals surface area contributed by atoms with Crippen LogP contribution in [0.25, 0.3) is 11.1 Å². The Morgan fingerprint density at radius 1 is 0.846 bits per heavy atom. The molecule has 3 aromatic rings. The summed E-state index contributed by atoms with van der Waals surface area (Å²) in [5, 5.41) is 1.57. The van der Waals surface area contributed by atoms with E-state index in [1.807, 2.05) is 50.2 Å². The van der Waals surface area contributed by atoms with Crippen LogP contribution in [0.1, 0.15) is 51.7 Å². The summed E-state index contributed by atoms with van der Waals surface area (Å²) in [5.74, 6) is 0.994. The molecule has 0 aromatic heterocycles. The normalized spacial score (nSPS) is 12.6. The maximum atomic E-state index is 12.4. The Kier molecular flexibility index (Phi) is 9.76. The first-order chi connectivity index (χ1) is 17.9. The number of fused-ring (bicyclic) bond motifs is 2. The molecule has 11 heteroatoms. The predicted molar refractivity (Wildman–Crippen MR) is 146 cm³/mol. The number of ether oxygens (including phenoxy) is 1. The van der Waals surface area contributed by atoms with Gasteiger partial charge in [-0.3, -0.25) is 4.55 Å². The third-order valence-electron chi connectivity index (χ3n) is 6.88. The fourth-order valence-corrected chi connectivity index (χ4v) is 6.21.